The van der Waals surface area contributed by atoms with Crippen LogP contribution < -0.4 is 5.73 Å². The Balaban J connectivity index is 3.46. The fraction of sp³-hybridized carbons (Fsp3) is 0.300. The van der Waals surface area contributed by atoms with Crippen LogP contribution in [0.1, 0.15) is 28.5 Å². The van der Waals surface area contributed by atoms with Crippen molar-refractivity contribution in [3.05, 3.63) is 22.9 Å². The number of carbonyl (C=O) groups is 1. The number of carbonyl (C=O) groups excluding carboxylic acids is 1. The Bertz CT molecular complexity index is 520. The molecule has 0 spiro atoms. The van der Waals surface area contributed by atoms with Crippen LogP contribution in [-0.4, -0.2) is 17.6 Å². The van der Waals surface area contributed by atoms with Gasteiger partial charge in [0.25, 0.3) is 0 Å². The summed E-state index contributed by atoms with van der Waals surface area (Å²) in [6.45, 7) is 1.35. The number of hydrogen-bond acceptors (Lipinski definition) is 5. The molecule has 1 aromatic heterocycles. The van der Waals surface area contributed by atoms with E-state index < -0.39 is 29.2 Å². The van der Waals surface area contributed by atoms with Crippen molar-refractivity contribution >= 4 is 11.8 Å². The summed E-state index contributed by atoms with van der Waals surface area (Å²) in [7, 11) is 0. The molecule has 0 saturated heterocycles. The first-order valence-corrected chi connectivity index (χ1v) is 4.76. The van der Waals surface area contributed by atoms with Crippen LogP contribution in [0.4, 0.5) is 19.0 Å². The second-order valence-electron chi connectivity index (χ2n) is 3.15. The van der Waals surface area contributed by atoms with Gasteiger partial charge in [-0.2, -0.15) is 18.4 Å². The number of nitrogen functional groups attached to an aromatic ring is 1. The fourth-order valence-electron chi connectivity index (χ4n) is 1.20. The average Bonchev–Trinajstić information content (AvgIpc) is 2.27. The van der Waals surface area contributed by atoms with E-state index in [2.05, 4.69) is 9.72 Å². The Hall–Kier alpha value is -2.30. The van der Waals surface area contributed by atoms with Crippen LogP contribution >= 0.6 is 0 Å². The van der Waals surface area contributed by atoms with Gasteiger partial charge in [-0.1, -0.05) is 0 Å². The molecular weight excluding hydrogens is 251 g/mol. The first kappa shape index (κ1) is 13.8. The summed E-state index contributed by atoms with van der Waals surface area (Å²) < 4.78 is 42.4. The number of ether oxygens (including phenoxy) is 1. The molecule has 0 atom stereocenters. The Morgan fingerprint density at radius 2 is 2.22 bits per heavy atom. The number of rotatable bonds is 2. The number of nitrogens with zero attached hydrogens (tertiary/aromatic N) is 2. The third kappa shape index (κ3) is 2.68. The highest BCUT2D eigenvalue weighted by Gasteiger charge is 2.38. The molecule has 0 fully saturated rings. The maximum atomic E-state index is 12.7. The van der Waals surface area contributed by atoms with Crippen molar-refractivity contribution in [1.82, 2.24) is 4.98 Å². The minimum Gasteiger partial charge on any atom is -0.462 e. The van der Waals surface area contributed by atoms with Crippen molar-refractivity contribution in [1.29, 1.82) is 5.26 Å². The molecule has 1 rings (SSSR count). The topological polar surface area (TPSA) is 89.0 Å². The molecule has 0 aliphatic rings. The molecule has 18 heavy (non-hydrogen) atoms. The molecule has 5 nitrogen and oxygen atoms in total. The number of aromatic nitrogens is 1. The van der Waals surface area contributed by atoms with Gasteiger partial charge in [-0.05, 0) is 13.0 Å². The number of hydrogen-bond donors (Lipinski definition) is 1. The van der Waals surface area contributed by atoms with E-state index in [4.69, 9.17) is 11.0 Å². The summed E-state index contributed by atoms with van der Waals surface area (Å²) in [6.07, 6.45) is -4.86. The Labute approximate surface area is 100.0 Å². The Kier molecular flexibility index (Phi) is 3.76. The second kappa shape index (κ2) is 4.91. The van der Waals surface area contributed by atoms with E-state index in [0.29, 0.717) is 0 Å². The molecule has 2 N–H and O–H groups in total. The highest BCUT2D eigenvalue weighted by atomic mass is 19.4. The van der Waals surface area contributed by atoms with Crippen LogP contribution in [0.3, 0.4) is 0 Å². The van der Waals surface area contributed by atoms with Crippen LogP contribution in [0.5, 0.6) is 0 Å². The molecule has 1 aromatic rings. The van der Waals surface area contributed by atoms with E-state index >= 15 is 0 Å². The van der Waals surface area contributed by atoms with Gasteiger partial charge < -0.3 is 10.5 Å². The van der Waals surface area contributed by atoms with Crippen molar-refractivity contribution in [2.24, 2.45) is 0 Å². The molecule has 96 valence electrons. The third-order valence-electron chi connectivity index (χ3n) is 1.94. The second-order valence-corrected chi connectivity index (χ2v) is 3.15. The van der Waals surface area contributed by atoms with Crippen molar-refractivity contribution in [3.63, 3.8) is 0 Å². The zero-order valence-corrected chi connectivity index (χ0v) is 9.21. The molecule has 0 amide bonds. The number of nitriles is 1. The molecule has 0 aliphatic carbocycles. The summed E-state index contributed by atoms with van der Waals surface area (Å²) in [4.78, 5) is 14.4. The van der Waals surface area contributed by atoms with E-state index in [1.54, 1.807) is 6.07 Å². The average molecular weight is 259 g/mol. The minimum absolute atomic E-state index is 0.0948. The van der Waals surface area contributed by atoms with E-state index in [1.807, 2.05) is 0 Å². The molecule has 0 bridgehead atoms. The van der Waals surface area contributed by atoms with E-state index in [9.17, 15) is 18.0 Å². The van der Waals surface area contributed by atoms with Gasteiger partial charge in [-0.3, -0.25) is 0 Å². The first-order chi connectivity index (χ1) is 8.31. The van der Waals surface area contributed by atoms with Crippen LogP contribution in [-0.2, 0) is 10.9 Å². The lowest BCUT2D eigenvalue weighted by molar-refractivity contribution is -0.141. The zero-order chi connectivity index (χ0) is 13.9. The van der Waals surface area contributed by atoms with Gasteiger partial charge in [-0.15, -0.1) is 0 Å². The number of alkyl halides is 3. The van der Waals surface area contributed by atoms with E-state index in [1.165, 1.54) is 6.92 Å². The van der Waals surface area contributed by atoms with Gasteiger partial charge >= 0.3 is 12.1 Å². The van der Waals surface area contributed by atoms with Crippen molar-refractivity contribution in [3.8, 4) is 6.07 Å². The first-order valence-electron chi connectivity index (χ1n) is 4.76. The summed E-state index contributed by atoms with van der Waals surface area (Å²) >= 11 is 0. The Morgan fingerprint density at radius 1 is 1.61 bits per heavy atom. The SMILES string of the molecule is CCOC(=O)c1cc(C#N)c(N)nc1C(F)(F)F. The van der Waals surface area contributed by atoms with E-state index in [-0.39, 0.29) is 12.2 Å². The standard InChI is InChI=1S/C10H8F3N3O2/c1-2-18-9(17)6-3-5(4-14)8(15)16-7(6)10(11,12)13/h3H,2H2,1H3,(H2,15,16). The lowest BCUT2D eigenvalue weighted by atomic mass is 10.1. The third-order valence-corrected chi connectivity index (χ3v) is 1.94. The predicted molar refractivity (Wildman–Crippen MR) is 54.3 cm³/mol. The molecule has 8 heteroatoms. The summed E-state index contributed by atoms with van der Waals surface area (Å²) in [5.41, 5.74) is 2.59. The molecule has 0 unspecified atom stereocenters. The van der Waals surface area contributed by atoms with Crippen molar-refractivity contribution in [2.75, 3.05) is 12.3 Å². The van der Waals surface area contributed by atoms with Gasteiger partial charge in [0.2, 0.25) is 0 Å². The monoisotopic (exact) mass is 259 g/mol. The van der Waals surface area contributed by atoms with Crippen LogP contribution in [0.2, 0.25) is 0 Å². The highest BCUT2D eigenvalue weighted by Crippen LogP contribution is 2.32. The Morgan fingerprint density at radius 3 is 2.67 bits per heavy atom. The van der Waals surface area contributed by atoms with Crippen molar-refractivity contribution in [2.45, 2.75) is 13.1 Å². The maximum Gasteiger partial charge on any atom is 0.434 e. The lowest BCUT2D eigenvalue weighted by Gasteiger charge is -2.12. The quantitative estimate of drug-likeness (QED) is 0.817. The molecule has 0 saturated carbocycles. The zero-order valence-electron chi connectivity index (χ0n) is 9.21. The van der Waals surface area contributed by atoms with Crippen LogP contribution in [0, 0.1) is 11.3 Å². The molecule has 0 aliphatic heterocycles. The molecule has 1 heterocycles. The number of pyridine rings is 1. The molecule has 0 aromatic carbocycles. The van der Waals surface area contributed by atoms with Gasteiger partial charge in [0.15, 0.2) is 5.69 Å². The summed E-state index contributed by atoms with van der Waals surface area (Å²) in [6, 6.07) is 2.27. The minimum atomic E-state index is -4.86. The normalized spacial score (nSPS) is 10.8. The molecular formula is C10H8F3N3O2. The van der Waals surface area contributed by atoms with Crippen molar-refractivity contribution < 1.29 is 22.7 Å². The maximum absolute atomic E-state index is 12.7. The molecule has 0 radical (unpaired) electrons. The highest BCUT2D eigenvalue weighted by molar-refractivity contribution is 5.91. The number of halogens is 3. The lowest BCUT2D eigenvalue weighted by Crippen LogP contribution is -2.19. The van der Waals surface area contributed by atoms with Gasteiger partial charge in [0.05, 0.1) is 17.7 Å². The largest absolute Gasteiger partial charge is 0.462 e. The van der Waals surface area contributed by atoms with Gasteiger partial charge in [0.1, 0.15) is 11.9 Å². The fourth-order valence-corrected chi connectivity index (χ4v) is 1.20. The van der Waals surface area contributed by atoms with Gasteiger partial charge in [-0.25, -0.2) is 9.78 Å². The summed E-state index contributed by atoms with van der Waals surface area (Å²) in [5, 5.41) is 8.64. The number of nitrogens with two attached hydrogens (primary N) is 1. The van der Waals surface area contributed by atoms with Crippen LogP contribution in [0.25, 0.3) is 0 Å². The van der Waals surface area contributed by atoms with E-state index in [0.717, 1.165) is 6.07 Å². The predicted octanol–water partition coefficient (Wildman–Crippen LogP) is 1.73. The smallest absolute Gasteiger partial charge is 0.434 e. The van der Waals surface area contributed by atoms with Crippen LogP contribution in [0.15, 0.2) is 6.07 Å². The summed E-state index contributed by atoms with van der Waals surface area (Å²) in [5.74, 6) is -1.79. The number of anilines is 1. The number of esters is 1. The van der Waals surface area contributed by atoms with Gasteiger partial charge in [0, 0.05) is 0 Å².